The van der Waals surface area contributed by atoms with Crippen molar-refractivity contribution in [1.82, 2.24) is 0 Å². The van der Waals surface area contributed by atoms with E-state index in [9.17, 15) is 0 Å². The summed E-state index contributed by atoms with van der Waals surface area (Å²) in [6, 6.07) is 3.26. The number of rotatable bonds is 2. The molecule has 0 radical (unpaired) electrons. The first kappa shape index (κ1) is 8.49. The van der Waals surface area contributed by atoms with Crippen LogP contribution in [0.5, 0.6) is 0 Å². The van der Waals surface area contributed by atoms with Gasteiger partial charge in [-0.05, 0) is 6.92 Å². The summed E-state index contributed by atoms with van der Waals surface area (Å²) in [5.41, 5.74) is -1.48. The molecule has 0 aliphatic carbocycles. The Bertz CT molecular complexity index is 217. The molecule has 10 heavy (non-hydrogen) atoms. The van der Waals surface area contributed by atoms with Crippen molar-refractivity contribution in [3.05, 3.63) is 0 Å². The molecule has 0 aliphatic rings. The van der Waals surface area contributed by atoms with E-state index < -0.39 is 5.60 Å². The fourth-order valence-corrected chi connectivity index (χ4v) is 0.266. The zero-order chi connectivity index (χ0) is 8.04. The second-order valence-electron chi connectivity index (χ2n) is 1.70. The van der Waals surface area contributed by atoms with Gasteiger partial charge in [-0.2, -0.15) is 10.5 Å². The summed E-state index contributed by atoms with van der Waals surface area (Å²) in [4.78, 5) is 0. The molecule has 0 amide bonds. The van der Waals surface area contributed by atoms with Gasteiger partial charge in [0, 0.05) is 5.97 Å². The van der Waals surface area contributed by atoms with Crippen LogP contribution >= 0.6 is 0 Å². The second kappa shape index (κ2) is 3.51. The van der Waals surface area contributed by atoms with Crippen LogP contribution in [-0.2, 0) is 4.65 Å². The molecule has 4 nitrogen and oxygen atoms in total. The zero-order valence-corrected chi connectivity index (χ0v) is 5.46. The maximum atomic E-state index is 8.30. The zero-order valence-electron chi connectivity index (χ0n) is 5.46. The molecule has 0 bridgehead atoms. The van der Waals surface area contributed by atoms with Gasteiger partial charge < -0.3 is 4.65 Å². The molecule has 0 atom stereocenters. The first-order valence-electron chi connectivity index (χ1n) is 2.52. The molecule has 48 valence electrons. The second-order valence-corrected chi connectivity index (χ2v) is 1.70. The molecular formula is C5H4BN3O. The molecule has 0 saturated heterocycles. The van der Waals surface area contributed by atoms with Crippen LogP contribution < -0.4 is 0 Å². The monoisotopic (exact) mass is 133 g/mol. The van der Waals surface area contributed by atoms with E-state index in [1.807, 2.05) is 0 Å². The summed E-state index contributed by atoms with van der Waals surface area (Å²) in [6.45, 7) is 1.31. The van der Waals surface area contributed by atoms with Crippen molar-refractivity contribution in [1.29, 1.82) is 15.8 Å². The highest BCUT2D eigenvalue weighted by molar-refractivity contribution is 6.37. The maximum absolute atomic E-state index is 8.30. The molecule has 0 N–H and O–H groups in total. The Balaban J connectivity index is 4.04. The highest BCUT2D eigenvalue weighted by Gasteiger charge is 2.23. The predicted octanol–water partition coefficient (Wildman–Crippen LogP) is -0.359. The van der Waals surface area contributed by atoms with Gasteiger partial charge in [-0.15, -0.1) is 0 Å². The summed E-state index contributed by atoms with van der Waals surface area (Å²) in [5.74, 6) is 1.67. The topological polar surface area (TPSA) is 80.6 Å². The van der Waals surface area contributed by atoms with E-state index in [0.717, 1.165) is 0 Å². The average Bonchev–Trinajstić information content (AvgIpc) is 2.00. The van der Waals surface area contributed by atoms with Crippen LogP contribution in [0.15, 0.2) is 0 Å². The SMILES string of the molecule is CC(C#N)(C#N)OBC#N. The van der Waals surface area contributed by atoms with Gasteiger partial charge in [-0.25, -0.2) is 5.26 Å². The van der Waals surface area contributed by atoms with Gasteiger partial charge in [0.15, 0.2) is 0 Å². The Labute approximate surface area is 59.5 Å². The molecule has 0 aromatic rings. The third kappa shape index (κ3) is 2.18. The van der Waals surface area contributed by atoms with Gasteiger partial charge in [0.2, 0.25) is 5.60 Å². The van der Waals surface area contributed by atoms with E-state index in [2.05, 4.69) is 4.65 Å². The van der Waals surface area contributed by atoms with Crippen molar-refractivity contribution in [3.8, 4) is 18.1 Å². The van der Waals surface area contributed by atoms with E-state index in [1.165, 1.54) is 6.92 Å². The van der Waals surface area contributed by atoms with Gasteiger partial charge in [0.1, 0.15) is 12.1 Å². The molecule has 0 aromatic heterocycles. The normalized spacial score (nSPS) is 8.60. The van der Waals surface area contributed by atoms with Crippen molar-refractivity contribution < 1.29 is 4.65 Å². The van der Waals surface area contributed by atoms with Crippen molar-refractivity contribution in [2.75, 3.05) is 0 Å². The van der Waals surface area contributed by atoms with E-state index in [0.29, 0.717) is 0 Å². The van der Waals surface area contributed by atoms with Crippen LogP contribution in [0.1, 0.15) is 6.92 Å². The van der Waals surface area contributed by atoms with Crippen molar-refractivity contribution in [2.45, 2.75) is 12.5 Å². The minimum Gasteiger partial charge on any atom is -0.396 e. The van der Waals surface area contributed by atoms with Crippen LogP contribution in [-0.4, -0.2) is 13.1 Å². The molecule has 0 heterocycles. The summed E-state index contributed by atoms with van der Waals surface area (Å²) < 4.78 is 4.59. The van der Waals surface area contributed by atoms with Crippen LogP contribution in [0.4, 0.5) is 0 Å². The lowest BCUT2D eigenvalue weighted by atomic mass is 10.0. The van der Waals surface area contributed by atoms with Gasteiger partial charge in [-0.1, -0.05) is 0 Å². The molecule has 0 spiro atoms. The van der Waals surface area contributed by atoms with E-state index in [-0.39, 0.29) is 7.48 Å². The molecule has 0 unspecified atom stereocenters. The minimum atomic E-state index is -1.48. The number of hydrogen-bond acceptors (Lipinski definition) is 4. The Kier molecular flexibility index (Phi) is 2.98. The molecule has 5 heteroatoms. The minimum absolute atomic E-state index is 0.238. The molecule has 0 aliphatic heterocycles. The van der Waals surface area contributed by atoms with Crippen LogP contribution in [0, 0.1) is 33.9 Å². The molecule has 0 fully saturated rings. The van der Waals surface area contributed by atoms with Crippen molar-refractivity contribution in [2.24, 2.45) is 0 Å². The van der Waals surface area contributed by atoms with Gasteiger partial charge in [0.25, 0.3) is 0 Å². The summed E-state index contributed by atoms with van der Waals surface area (Å²) in [6.07, 6.45) is 0. The Hall–Kier alpha value is -1.51. The lowest BCUT2D eigenvalue weighted by Gasteiger charge is -2.09. The van der Waals surface area contributed by atoms with Crippen molar-refractivity contribution in [3.63, 3.8) is 0 Å². The highest BCUT2D eigenvalue weighted by Crippen LogP contribution is 2.04. The largest absolute Gasteiger partial charge is 0.398 e. The lowest BCUT2D eigenvalue weighted by Crippen LogP contribution is -2.25. The van der Waals surface area contributed by atoms with E-state index >= 15 is 0 Å². The highest BCUT2D eigenvalue weighted by atomic mass is 16.5. The first-order chi connectivity index (χ1) is 4.68. The predicted molar refractivity (Wildman–Crippen MR) is 33.5 cm³/mol. The van der Waals surface area contributed by atoms with E-state index in [4.69, 9.17) is 15.8 Å². The van der Waals surface area contributed by atoms with E-state index in [1.54, 1.807) is 18.1 Å². The standard InChI is InChI=1S/C5H4BN3O/c1-5(2-7,3-8)10-6-4-9/h6H,1H3. The van der Waals surface area contributed by atoms with Gasteiger partial charge >= 0.3 is 7.48 Å². The Morgan fingerprint density at radius 3 is 2.10 bits per heavy atom. The Morgan fingerprint density at radius 2 is 1.80 bits per heavy atom. The third-order valence-corrected chi connectivity index (χ3v) is 0.852. The number of nitrogens with zero attached hydrogens (tertiary/aromatic N) is 3. The van der Waals surface area contributed by atoms with Gasteiger partial charge in [-0.3, -0.25) is 0 Å². The van der Waals surface area contributed by atoms with Crippen LogP contribution in [0.25, 0.3) is 0 Å². The molecular weight excluding hydrogens is 129 g/mol. The summed E-state index contributed by atoms with van der Waals surface area (Å²) in [7, 11) is -0.238. The van der Waals surface area contributed by atoms with Gasteiger partial charge in [0.05, 0.1) is 0 Å². The average molecular weight is 133 g/mol. The number of nitriles is 3. The van der Waals surface area contributed by atoms with Crippen molar-refractivity contribution >= 4 is 7.48 Å². The van der Waals surface area contributed by atoms with Crippen LogP contribution in [0.2, 0.25) is 0 Å². The first-order valence-corrected chi connectivity index (χ1v) is 2.52. The summed E-state index contributed by atoms with van der Waals surface area (Å²) >= 11 is 0. The smallest absolute Gasteiger partial charge is 0.396 e. The molecule has 0 saturated carbocycles. The lowest BCUT2D eigenvalue weighted by molar-refractivity contribution is 0.224. The fraction of sp³-hybridized carbons (Fsp3) is 0.400. The Morgan fingerprint density at radius 1 is 1.30 bits per heavy atom. The maximum Gasteiger partial charge on any atom is 0.398 e. The quantitative estimate of drug-likeness (QED) is 0.481. The third-order valence-electron chi connectivity index (χ3n) is 0.852. The summed E-state index contributed by atoms with van der Waals surface area (Å²) in [5, 5.41) is 24.6. The molecule has 0 aromatic carbocycles. The van der Waals surface area contributed by atoms with Crippen LogP contribution in [0.3, 0.4) is 0 Å². The number of hydrogen-bond donors (Lipinski definition) is 0. The molecule has 0 rings (SSSR count). The fourth-order valence-electron chi connectivity index (χ4n) is 0.266.